The van der Waals surface area contributed by atoms with E-state index in [0.717, 1.165) is 25.9 Å². The van der Waals surface area contributed by atoms with Gasteiger partial charge in [0.05, 0.1) is 12.1 Å². The fourth-order valence-electron chi connectivity index (χ4n) is 3.74. The van der Waals surface area contributed by atoms with Gasteiger partial charge in [0.25, 0.3) is 0 Å². The Morgan fingerprint density at radius 1 is 1.20 bits per heavy atom. The number of hydrogen-bond donors (Lipinski definition) is 1. The normalized spacial score (nSPS) is 19.6. The number of carbonyl (C=O) groups is 1. The molecule has 0 aliphatic carbocycles. The van der Waals surface area contributed by atoms with E-state index in [2.05, 4.69) is 9.88 Å². The number of amides is 1. The van der Waals surface area contributed by atoms with Crippen molar-refractivity contribution in [2.75, 3.05) is 26.2 Å². The lowest BCUT2D eigenvalue weighted by Crippen LogP contribution is -2.45. The molecule has 2 aromatic rings. The van der Waals surface area contributed by atoms with Crippen LogP contribution in [0.4, 0.5) is 9.18 Å². The van der Waals surface area contributed by atoms with Gasteiger partial charge < -0.3 is 14.6 Å². The summed E-state index contributed by atoms with van der Waals surface area (Å²) in [4.78, 5) is 30.9. The summed E-state index contributed by atoms with van der Waals surface area (Å²) in [5.41, 5.74) is 0.805. The average molecular weight is 345 g/mol. The van der Waals surface area contributed by atoms with Crippen molar-refractivity contribution in [2.45, 2.75) is 25.4 Å². The smallest absolute Gasteiger partial charge is 0.410 e. The molecular formula is C18H20FN3O3. The Bertz CT molecular complexity index is 858. The van der Waals surface area contributed by atoms with Gasteiger partial charge in [-0.05, 0) is 25.0 Å². The molecule has 2 saturated heterocycles. The lowest BCUT2D eigenvalue weighted by atomic mass is 10.0. The van der Waals surface area contributed by atoms with Gasteiger partial charge in [-0.1, -0.05) is 6.07 Å². The molecule has 2 fully saturated rings. The zero-order valence-corrected chi connectivity index (χ0v) is 13.8. The number of cyclic esters (lactones) is 1. The minimum absolute atomic E-state index is 0.169. The molecule has 0 bridgehead atoms. The number of para-hydroxylation sites is 1. The number of hydrogen-bond acceptors (Lipinski definition) is 4. The summed E-state index contributed by atoms with van der Waals surface area (Å²) in [6.45, 7) is 3.36. The van der Waals surface area contributed by atoms with E-state index >= 15 is 0 Å². The highest BCUT2D eigenvalue weighted by atomic mass is 19.1. The molecule has 0 atom stereocenters. The number of nitrogens with one attached hydrogen (secondary N) is 1. The Labute approximate surface area is 144 Å². The molecule has 0 saturated carbocycles. The van der Waals surface area contributed by atoms with Gasteiger partial charge in [-0.2, -0.15) is 0 Å². The van der Waals surface area contributed by atoms with E-state index in [0.29, 0.717) is 30.8 Å². The first-order chi connectivity index (χ1) is 12.1. The number of carbonyl (C=O) groups excluding carboxylic acids is 1. The highest BCUT2D eigenvalue weighted by Crippen LogP contribution is 2.21. The molecule has 7 heteroatoms. The molecule has 1 amide bonds. The number of pyridine rings is 1. The molecule has 0 spiro atoms. The summed E-state index contributed by atoms with van der Waals surface area (Å²) in [5, 5.41) is 0.370. The zero-order chi connectivity index (χ0) is 17.4. The third-order valence-corrected chi connectivity index (χ3v) is 5.05. The highest BCUT2D eigenvalue weighted by molar-refractivity contribution is 5.78. The van der Waals surface area contributed by atoms with Crippen molar-refractivity contribution in [2.24, 2.45) is 0 Å². The first-order valence-electron chi connectivity index (χ1n) is 8.58. The van der Waals surface area contributed by atoms with Gasteiger partial charge in [-0.25, -0.2) is 9.18 Å². The molecule has 1 aromatic carbocycles. The number of piperidine rings is 1. The van der Waals surface area contributed by atoms with Gasteiger partial charge in [0.2, 0.25) is 0 Å². The third-order valence-electron chi connectivity index (χ3n) is 5.05. The minimum Gasteiger partial charge on any atom is -0.448 e. The van der Waals surface area contributed by atoms with E-state index in [1.165, 1.54) is 6.07 Å². The predicted octanol–water partition coefficient (Wildman–Crippen LogP) is 2.08. The molecule has 1 N–H and O–H groups in total. The number of likely N-dealkylation sites (tertiary alicyclic amines) is 1. The lowest BCUT2D eigenvalue weighted by Gasteiger charge is -2.35. The van der Waals surface area contributed by atoms with Gasteiger partial charge >= 0.3 is 6.09 Å². The Morgan fingerprint density at radius 3 is 2.72 bits per heavy atom. The fourth-order valence-corrected chi connectivity index (χ4v) is 3.74. The van der Waals surface area contributed by atoms with Crippen molar-refractivity contribution in [3.63, 3.8) is 0 Å². The summed E-state index contributed by atoms with van der Waals surface area (Å²) < 4.78 is 19.0. The average Bonchev–Trinajstić information content (AvgIpc) is 3.03. The van der Waals surface area contributed by atoms with Crippen molar-refractivity contribution in [3.05, 3.63) is 46.0 Å². The molecule has 3 heterocycles. The second-order valence-corrected chi connectivity index (χ2v) is 6.64. The first-order valence-corrected chi connectivity index (χ1v) is 8.58. The maximum atomic E-state index is 14.0. The SMILES string of the molecule is O=C1OCCN1C1CCN(Cc2cc(=O)c3cccc(F)c3[nH]2)CC1. The second kappa shape index (κ2) is 6.48. The van der Waals surface area contributed by atoms with Crippen LogP contribution in [0, 0.1) is 5.82 Å². The monoisotopic (exact) mass is 345 g/mol. The van der Waals surface area contributed by atoms with E-state index < -0.39 is 5.82 Å². The van der Waals surface area contributed by atoms with Crippen molar-refractivity contribution < 1.29 is 13.9 Å². The topological polar surface area (TPSA) is 65.6 Å². The van der Waals surface area contributed by atoms with Crippen LogP contribution in [0.25, 0.3) is 10.9 Å². The van der Waals surface area contributed by atoms with E-state index in [1.54, 1.807) is 18.2 Å². The summed E-state index contributed by atoms with van der Waals surface area (Å²) >= 11 is 0. The Morgan fingerprint density at radius 2 is 2.00 bits per heavy atom. The number of halogens is 1. The summed E-state index contributed by atoms with van der Waals surface area (Å²) in [5.74, 6) is -0.414. The number of aromatic amines is 1. The van der Waals surface area contributed by atoms with E-state index in [1.807, 2.05) is 4.90 Å². The van der Waals surface area contributed by atoms with Crippen LogP contribution in [0.1, 0.15) is 18.5 Å². The molecule has 0 unspecified atom stereocenters. The largest absolute Gasteiger partial charge is 0.448 e. The molecule has 6 nitrogen and oxygen atoms in total. The first kappa shape index (κ1) is 16.1. The second-order valence-electron chi connectivity index (χ2n) is 6.64. The van der Waals surface area contributed by atoms with Crippen LogP contribution < -0.4 is 5.43 Å². The number of fused-ring (bicyclic) bond motifs is 1. The summed E-state index contributed by atoms with van der Waals surface area (Å²) in [7, 11) is 0. The van der Waals surface area contributed by atoms with Gasteiger partial charge in [0.1, 0.15) is 12.4 Å². The lowest BCUT2D eigenvalue weighted by molar-refractivity contribution is 0.115. The number of aromatic nitrogens is 1. The highest BCUT2D eigenvalue weighted by Gasteiger charge is 2.32. The van der Waals surface area contributed by atoms with Crippen LogP contribution in [-0.4, -0.2) is 53.2 Å². The van der Waals surface area contributed by atoms with Gasteiger partial charge in [-0.15, -0.1) is 0 Å². The van der Waals surface area contributed by atoms with Crippen LogP contribution in [0.5, 0.6) is 0 Å². The molecule has 4 rings (SSSR count). The van der Waals surface area contributed by atoms with Crippen molar-refractivity contribution >= 4 is 17.0 Å². The van der Waals surface area contributed by atoms with Crippen molar-refractivity contribution in [1.29, 1.82) is 0 Å². The third kappa shape index (κ3) is 3.11. The number of rotatable bonds is 3. The van der Waals surface area contributed by atoms with Gasteiger partial charge in [0.15, 0.2) is 5.43 Å². The summed E-state index contributed by atoms with van der Waals surface area (Å²) in [6.07, 6.45) is 1.54. The van der Waals surface area contributed by atoms with Crippen LogP contribution in [0.3, 0.4) is 0 Å². The molecule has 1 aromatic heterocycles. The van der Waals surface area contributed by atoms with Crippen LogP contribution in [-0.2, 0) is 11.3 Å². The Kier molecular flexibility index (Phi) is 4.17. The summed E-state index contributed by atoms with van der Waals surface area (Å²) in [6, 6.07) is 6.29. The number of ether oxygens (including phenoxy) is 1. The zero-order valence-electron chi connectivity index (χ0n) is 13.8. The maximum Gasteiger partial charge on any atom is 0.410 e. The molecule has 132 valence electrons. The van der Waals surface area contributed by atoms with E-state index in [9.17, 15) is 14.0 Å². The number of benzene rings is 1. The minimum atomic E-state index is -0.414. The maximum absolute atomic E-state index is 14.0. The van der Waals surface area contributed by atoms with Gasteiger partial charge in [0, 0.05) is 42.8 Å². The Balaban J connectivity index is 1.45. The fraction of sp³-hybridized carbons (Fsp3) is 0.444. The number of H-pyrrole nitrogens is 1. The van der Waals surface area contributed by atoms with Crippen LogP contribution >= 0.6 is 0 Å². The standard InChI is InChI=1S/C18H20FN3O3/c19-15-3-1-2-14-16(23)10-12(20-17(14)15)11-21-6-4-13(5-7-21)22-8-9-25-18(22)24/h1-3,10,13H,4-9,11H2,(H,20,23). The Hall–Kier alpha value is -2.41. The molecule has 2 aliphatic heterocycles. The van der Waals surface area contributed by atoms with E-state index in [4.69, 9.17) is 4.74 Å². The molecular weight excluding hydrogens is 325 g/mol. The number of nitrogens with zero attached hydrogens (tertiary/aromatic N) is 2. The van der Waals surface area contributed by atoms with Crippen LogP contribution in [0.2, 0.25) is 0 Å². The molecule has 25 heavy (non-hydrogen) atoms. The van der Waals surface area contributed by atoms with Crippen molar-refractivity contribution in [3.8, 4) is 0 Å². The van der Waals surface area contributed by atoms with Crippen molar-refractivity contribution in [1.82, 2.24) is 14.8 Å². The molecule has 2 aliphatic rings. The van der Waals surface area contributed by atoms with E-state index in [-0.39, 0.29) is 23.1 Å². The quantitative estimate of drug-likeness (QED) is 0.925. The van der Waals surface area contributed by atoms with Gasteiger partial charge in [-0.3, -0.25) is 9.69 Å². The molecule has 0 radical (unpaired) electrons. The predicted molar refractivity (Wildman–Crippen MR) is 90.9 cm³/mol. The van der Waals surface area contributed by atoms with Crippen LogP contribution in [0.15, 0.2) is 29.1 Å².